The van der Waals surface area contributed by atoms with E-state index in [0.717, 1.165) is 23.1 Å². The molecule has 0 bridgehead atoms. The van der Waals surface area contributed by atoms with Crippen LogP contribution in [-0.4, -0.2) is 21.8 Å². The topological polar surface area (TPSA) is 122 Å². The van der Waals surface area contributed by atoms with Crippen LogP contribution in [0, 0.1) is 6.92 Å². The van der Waals surface area contributed by atoms with Gasteiger partial charge in [0.1, 0.15) is 0 Å². The third-order valence-corrected chi connectivity index (χ3v) is 5.94. The number of H-pyrrole nitrogens is 1. The lowest BCUT2D eigenvalue weighted by Crippen LogP contribution is -2.15. The summed E-state index contributed by atoms with van der Waals surface area (Å²) in [5, 5.41) is 5.92. The minimum absolute atomic E-state index is 0.0600. The fourth-order valence-electron chi connectivity index (χ4n) is 2.39. The molecule has 0 aliphatic rings. The first-order valence-corrected chi connectivity index (χ1v) is 9.94. The van der Waals surface area contributed by atoms with E-state index in [9.17, 15) is 16.8 Å². The number of fused-ring (bicyclic) bond motifs is 1. The van der Waals surface area contributed by atoms with Crippen molar-refractivity contribution in [3.8, 4) is 0 Å². The van der Waals surface area contributed by atoms with Crippen molar-refractivity contribution >= 4 is 36.6 Å². The molecule has 2 aromatic carbocycles. The highest BCUT2D eigenvalue weighted by Gasteiger charge is 2.17. The number of rotatable bonds is 4. The maximum Gasteiger partial charge on any atom is 0.261 e. The summed E-state index contributed by atoms with van der Waals surface area (Å²) in [6, 6.07) is 10.00. The maximum absolute atomic E-state index is 12.5. The van der Waals surface area contributed by atoms with Crippen molar-refractivity contribution in [3.63, 3.8) is 0 Å². The predicted octanol–water partition coefficient (Wildman–Crippen LogP) is 1.92. The Morgan fingerprint density at radius 2 is 1.58 bits per heavy atom. The Hall–Kier alpha value is -2.36. The SMILES string of the molecule is Cc1c[nH]c2c(NS(=O)(=O)c3ccc(S(N)(=O)=O)cc3)cccc12. The normalized spacial score (nSPS) is 12.4. The van der Waals surface area contributed by atoms with Crippen LogP contribution in [0.2, 0.25) is 0 Å². The summed E-state index contributed by atoms with van der Waals surface area (Å²) in [6.07, 6.45) is 1.80. The minimum atomic E-state index is -3.87. The maximum atomic E-state index is 12.5. The minimum Gasteiger partial charge on any atom is -0.359 e. The van der Waals surface area contributed by atoms with Gasteiger partial charge >= 0.3 is 0 Å². The lowest BCUT2D eigenvalue weighted by atomic mass is 10.2. The largest absolute Gasteiger partial charge is 0.359 e. The van der Waals surface area contributed by atoms with Crippen molar-refractivity contribution in [2.75, 3.05) is 4.72 Å². The van der Waals surface area contributed by atoms with Crippen LogP contribution in [0.4, 0.5) is 5.69 Å². The molecule has 0 saturated heterocycles. The average molecular weight is 365 g/mol. The van der Waals surface area contributed by atoms with Gasteiger partial charge in [-0.1, -0.05) is 12.1 Å². The fraction of sp³-hybridized carbons (Fsp3) is 0.0667. The lowest BCUT2D eigenvalue weighted by Gasteiger charge is -2.09. The Bertz CT molecular complexity index is 1120. The molecule has 7 nitrogen and oxygen atoms in total. The molecule has 1 heterocycles. The van der Waals surface area contributed by atoms with Gasteiger partial charge in [-0.3, -0.25) is 4.72 Å². The van der Waals surface area contributed by atoms with Crippen molar-refractivity contribution in [2.45, 2.75) is 16.7 Å². The van der Waals surface area contributed by atoms with E-state index in [1.165, 1.54) is 12.1 Å². The van der Waals surface area contributed by atoms with E-state index in [1.807, 2.05) is 13.0 Å². The van der Waals surface area contributed by atoms with Crippen LogP contribution in [0.5, 0.6) is 0 Å². The zero-order valence-electron chi connectivity index (χ0n) is 12.6. The Balaban J connectivity index is 1.99. The summed E-state index contributed by atoms with van der Waals surface area (Å²) in [5.74, 6) is 0. The van der Waals surface area contributed by atoms with E-state index in [1.54, 1.807) is 18.3 Å². The molecular weight excluding hydrogens is 350 g/mol. The zero-order valence-corrected chi connectivity index (χ0v) is 14.3. The highest BCUT2D eigenvalue weighted by atomic mass is 32.2. The molecule has 126 valence electrons. The molecule has 0 spiro atoms. The summed E-state index contributed by atoms with van der Waals surface area (Å²) in [5.41, 5.74) is 2.10. The highest BCUT2D eigenvalue weighted by molar-refractivity contribution is 7.92. The number of nitrogens with two attached hydrogens (primary N) is 1. The van der Waals surface area contributed by atoms with Gasteiger partial charge in [-0.15, -0.1) is 0 Å². The van der Waals surface area contributed by atoms with Crippen LogP contribution in [0.15, 0.2) is 58.5 Å². The molecule has 0 amide bonds. The third kappa shape index (κ3) is 3.01. The van der Waals surface area contributed by atoms with Gasteiger partial charge in [-0.25, -0.2) is 22.0 Å². The number of aryl methyl sites for hydroxylation is 1. The van der Waals surface area contributed by atoms with E-state index < -0.39 is 20.0 Å². The van der Waals surface area contributed by atoms with Gasteiger partial charge in [-0.05, 0) is 42.8 Å². The molecule has 0 fully saturated rings. The van der Waals surface area contributed by atoms with Crippen LogP contribution in [0.3, 0.4) is 0 Å². The second-order valence-electron chi connectivity index (χ2n) is 5.32. The zero-order chi connectivity index (χ0) is 17.5. The number of aromatic amines is 1. The predicted molar refractivity (Wildman–Crippen MR) is 91.7 cm³/mol. The van der Waals surface area contributed by atoms with Gasteiger partial charge < -0.3 is 4.98 Å². The van der Waals surface area contributed by atoms with Crippen molar-refractivity contribution < 1.29 is 16.8 Å². The van der Waals surface area contributed by atoms with Crippen LogP contribution < -0.4 is 9.86 Å². The van der Waals surface area contributed by atoms with E-state index in [0.29, 0.717) is 11.2 Å². The van der Waals surface area contributed by atoms with Crippen molar-refractivity contribution in [1.82, 2.24) is 4.98 Å². The number of sulfonamides is 2. The number of aromatic nitrogens is 1. The van der Waals surface area contributed by atoms with Crippen LogP contribution in [0.1, 0.15) is 5.56 Å². The van der Waals surface area contributed by atoms with Crippen LogP contribution in [-0.2, 0) is 20.0 Å². The van der Waals surface area contributed by atoms with Crippen LogP contribution >= 0.6 is 0 Å². The molecule has 0 unspecified atom stereocenters. The number of nitrogens with one attached hydrogen (secondary N) is 2. The molecule has 0 aliphatic carbocycles. The Labute approximate surface area is 139 Å². The molecule has 9 heteroatoms. The molecule has 3 rings (SSSR count). The van der Waals surface area contributed by atoms with Crippen LogP contribution in [0.25, 0.3) is 10.9 Å². The van der Waals surface area contributed by atoms with E-state index in [2.05, 4.69) is 9.71 Å². The van der Waals surface area contributed by atoms with Crippen molar-refractivity contribution in [3.05, 3.63) is 54.2 Å². The van der Waals surface area contributed by atoms with E-state index in [4.69, 9.17) is 5.14 Å². The van der Waals surface area contributed by atoms with E-state index >= 15 is 0 Å². The molecule has 1 aromatic heterocycles. The molecule has 0 aliphatic heterocycles. The summed E-state index contributed by atoms with van der Waals surface area (Å²) >= 11 is 0. The summed E-state index contributed by atoms with van der Waals surface area (Å²) < 4.78 is 50.0. The molecular formula is C15H15N3O4S2. The first kappa shape index (κ1) is 16.5. The highest BCUT2D eigenvalue weighted by Crippen LogP contribution is 2.27. The van der Waals surface area contributed by atoms with Gasteiger partial charge in [0, 0.05) is 11.6 Å². The average Bonchev–Trinajstić information content (AvgIpc) is 2.89. The number of primary sulfonamides is 1. The van der Waals surface area contributed by atoms with Gasteiger partial charge in [0.25, 0.3) is 10.0 Å². The quantitative estimate of drug-likeness (QED) is 0.654. The number of benzene rings is 2. The standard InChI is InChI=1S/C15H15N3O4S2/c1-10-9-17-15-13(10)3-2-4-14(15)18-24(21,22)12-7-5-11(6-8-12)23(16,19)20/h2-9,17-18H,1H3,(H2,16,19,20). The first-order valence-electron chi connectivity index (χ1n) is 6.91. The summed E-state index contributed by atoms with van der Waals surface area (Å²) in [6.45, 7) is 1.92. The van der Waals surface area contributed by atoms with Gasteiger partial charge in [0.05, 0.1) is 21.0 Å². The number of hydrogen-bond donors (Lipinski definition) is 3. The van der Waals surface area contributed by atoms with Gasteiger partial charge in [0.15, 0.2) is 0 Å². The molecule has 4 N–H and O–H groups in total. The number of anilines is 1. The molecule has 0 saturated carbocycles. The van der Waals surface area contributed by atoms with Gasteiger partial charge in [-0.2, -0.15) is 0 Å². The first-order chi connectivity index (χ1) is 11.2. The molecule has 0 radical (unpaired) electrons. The van der Waals surface area contributed by atoms with Crippen molar-refractivity contribution in [2.24, 2.45) is 5.14 Å². The number of para-hydroxylation sites is 1. The Morgan fingerprint density at radius 1 is 0.958 bits per heavy atom. The lowest BCUT2D eigenvalue weighted by molar-refractivity contribution is 0.595. The Morgan fingerprint density at radius 3 is 2.21 bits per heavy atom. The third-order valence-electron chi connectivity index (χ3n) is 3.63. The Kier molecular flexibility index (Phi) is 3.86. The summed E-state index contributed by atoms with van der Waals surface area (Å²) in [4.78, 5) is 2.83. The second-order valence-corrected chi connectivity index (χ2v) is 8.57. The molecule has 0 atom stereocenters. The molecule has 24 heavy (non-hydrogen) atoms. The monoisotopic (exact) mass is 365 g/mol. The van der Waals surface area contributed by atoms with Crippen molar-refractivity contribution in [1.29, 1.82) is 0 Å². The smallest absolute Gasteiger partial charge is 0.261 e. The molecule has 3 aromatic rings. The summed E-state index contributed by atoms with van der Waals surface area (Å²) in [7, 11) is -7.73. The van der Waals surface area contributed by atoms with Gasteiger partial charge in [0.2, 0.25) is 10.0 Å². The number of hydrogen-bond acceptors (Lipinski definition) is 4. The second kappa shape index (κ2) is 5.62. The van der Waals surface area contributed by atoms with E-state index in [-0.39, 0.29) is 9.79 Å². The fourth-order valence-corrected chi connectivity index (χ4v) is 3.98.